The second-order valence-corrected chi connectivity index (χ2v) is 15.8. The first-order valence-corrected chi connectivity index (χ1v) is 20.2. The molecule has 4 amide bonds. The summed E-state index contributed by atoms with van der Waals surface area (Å²) in [6.07, 6.45) is 0. The topological polar surface area (TPSA) is 200 Å². The number of carbonyl (C=O) groups excluding carboxylic acids is 6. The molecule has 0 spiro atoms. The smallest absolute Gasteiger partial charge is 0.258 e. The van der Waals surface area contributed by atoms with Gasteiger partial charge in [0.05, 0.1) is 31.5 Å². The third-order valence-corrected chi connectivity index (χ3v) is 10.4. The zero-order valence-electron chi connectivity index (χ0n) is 33.4. The number of Topliss-reactive ketones (excluding diaryl/α,β-unsaturated/α-hetero) is 2. The molecule has 0 aliphatic rings. The van der Waals surface area contributed by atoms with E-state index in [1.165, 1.54) is 48.5 Å². The van der Waals surface area contributed by atoms with E-state index in [1.54, 1.807) is 50.2 Å². The lowest BCUT2D eigenvalue weighted by Crippen LogP contribution is -2.32. The lowest BCUT2D eigenvalue weighted by Gasteiger charge is -2.16. The number of benzene rings is 5. The number of azo groups is 2. The van der Waals surface area contributed by atoms with Gasteiger partial charge in [-0.25, -0.2) is 0 Å². The van der Waals surface area contributed by atoms with Crippen LogP contribution in [0.5, 0.6) is 0 Å². The van der Waals surface area contributed by atoms with E-state index in [2.05, 4.69) is 41.7 Å². The number of nitrogens with zero attached hydrogens (tertiary/aromatic N) is 4. The SMILES string of the molecule is CC(=O)C(N=Nc1cc(C(=O)Nc2cc(C)ccc2Cl)ccc1Cl)C(=O)Nc1cc(Cl)c(NC(=O)C(N=Nc2cc(C(=O)Nc3cc(Cl)ccc3C)ccc2Cl)C(C)=O)cc1C. The van der Waals surface area contributed by atoms with Crippen molar-refractivity contribution >= 4 is 127 Å². The predicted octanol–water partition coefficient (Wildman–Crippen LogP) is 11.7. The lowest BCUT2D eigenvalue weighted by atomic mass is 10.1. The van der Waals surface area contributed by atoms with Crippen LogP contribution in [0.25, 0.3) is 0 Å². The number of halogens is 5. The molecule has 318 valence electrons. The molecule has 0 bridgehead atoms. The molecule has 62 heavy (non-hydrogen) atoms. The largest absolute Gasteiger partial charge is 0.323 e. The van der Waals surface area contributed by atoms with Crippen LogP contribution in [-0.2, 0) is 19.2 Å². The summed E-state index contributed by atoms with van der Waals surface area (Å²) in [4.78, 5) is 77.9. The van der Waals surface area contributed by atoms with Crippen LogP contribution >= 0.6 is 58.0 Å². The van der Waals surface area contributed by atoms with Gasteiger partial charge >= 0.3 is 0 Å². The molecule has 0 fully saturated rings. The van der Waals surface area contributed by atoms with Crippen molar-refractivity contribution < 1.29 is 28.8 Å². The lowest BCUT2D eigenvalue weighted by molar-refractivity contribution is -0.127. The molecule has 14 nitrogen and oxygen atoms in total. The molecule has 5 aromatic rings. The highest BCUT2D eigenvalue weighted by atomic mass is 35.5. The highest BCUT2D eigenvalue weighted by Crippen LogP contribution is 2.32. The van der Waals surface area contributed by atoms with E-state index in [0.717, 1.165) is 25.0 Å². The molecular weight excluding hydrogens is 902 g/mol. The van der Waals surface area contributed by atoms with Crippen LogP contribution in [0, 0.1) is 20.8 Å². The van der Waals surface area contributed by atoms with Crippen LogP contribution in [0.2, 0.25) is 25.1 Å². The summed E-state index contributed by atoms with van der Waals surface area (Å²) in [5.41, 5.74) is 3.53. The van der Waals surface area contributed by atoms with Gasteiger partial charge in [-0.2, -0.15) is 20.5 Å². The highest BCUT2D eigenvalue weighted by molar-refractivity contribution is 6.35. The fraction of sp³-hybridized carbons (Fsp3) is 0.163. The Bertz CT molecular complexity index is 2530. The van der Waals surface area contributed by atoms with Gasteiger partial charge in [0, 0.05) is 27.5 Å². The second-order valence-electron chi connectivity index (χ2n) is 13.8. The Labute approximate surface area is 380 Å². The number of hydrogen-bond donors (Lipinski definition) is 4. The third kappa shape index (κ3) is 12.1. The summed E-state index contributed by atoms with van der Waals surface area (Å²) in [6, 6.07) is 18.1. The zero-order chi connectivity index (χ0) is 45.4. The molecular formula is C43H35Cl5N8O6. The normalized spacial score (nSPS) is 12.2. The van der Waals surface area contributed by atoms with Crippen molar-refractivity contribution in [2.75, 3.05) is 21.3 Å². The molecule has 5 aromatic carbocycles. The van der Waals surface area contributed by atoms with Crippen molar-refractivity contribution in [3.05, 3.63) is 138 Å². The van der Waals surface area contributed by atoms with Gasteiger partial charge in [0.1, 0.15) is 11.4 Å². The van der Waals surface area contributed by atoms with Crippen molar-refractivity contribution in [1.29, 1.82) is 0 Å². The summed E-state index contributed by atoms with van der Waals surface area (Å²) in [5.74, 6) is -4.09. The van der Waals surface area contributed by atoms with Crippen LogP contribution in [-0.4, -0.2) is 47.3 Å². The third-order valence-electron chi connectivity index (χ3n) is 8.89. The minimum absolute atomic E-state index is 0.0143. The van der Waals surface area contributed by atoms with Crippen LogP contribution in [0.4, 0.5) is 34.1 Å². The summed E-state index contributed by atoms with van der Waals surface area (Å²) in [5, 5.41) is 27.4. The number of anilines is 4. The summed E-state index contributed by atoms with van der Waals surface area (Å²) in [6.45, 7) is 7.52. The monoisotopic (exact) mass is 934 g/mol. The van der Waals surface area contributed by atoms with Crippen molar-refractivity contribution in [1.82, 2.24) is 0 Å². The maximum Gasteiger partial charge on any atom is 0.258 e. The van der Waals surface area contributed by atoms with Gasteiger partial charge in [0.2, 0.25) is 12.1 Å². The van der Waals surface area contributed by atoms with E-state index in [9.17, 15) is 28.8 Å². The van der Waals surface area contributed by atoms with Crippen LogP contribution < -0.4 is 21.3 Å². The van der Waals surface area contributed by atoms with Gasteiger partial charge in [-0.3, -0.25) is 28.8 Å². The molecule has 0 aliphatic carbocycles. The number of carbonyl (C=O) groups is 6. The Balaban J connectivity index is 1.27. The summed E-state index contributed by atoms with van der Waals surface area (Å²) in [7, 11) is 0. The molecule has 0 aromatic heterocycles. The molecule has 19 heteroatoms. The average molecular weight is 937 g/mol. The summed E-state index contributed by atoms with van der Waals surface area (Å²) < 4.78 is 0. The van der Waals surface area contributed by atoms with Crippen LogP contribution in [0.3, 0.4) is 0 Å². The molecule has 0 radical (unpaired) electrons. The standard InChI is InChI=1S/C43H35Cl5N8O6/c1-20-6-11-28(45)34(14-20)51-41(60)26-9-13-30(47)37(17-26)53-55-38(23(4)57)42(61)50-33-19-31(48)35(15-22(33)3)52-43(62)39(24(5)58)56-54-36-16-25(8-12-29(36)46)40(59)49-32-18-27(44)10-7-21(32)2/h6-19,38-39H,1-5H3,(H,49,59)(H,50,61)(H,51,60)(H,52,62). The maximum atomic E-state index is 13.4. The predicted molar refractivity (Wildman–Crippen MR) is 243 cm³/mol. The quantitative estimate of drug-likeness (QED) is 0.0630. The van der Waals surface area contributed by atoms with E-state index >= 15 is 0 Å². The van der Waals surface area contributed by atoms with E-state index < -0.39 is 47.3 Å². The average Bonchev–Trinajstić information content (AvgIpc) is 3.20. The maximum absolute atomic E-state index is 13.4. The molecule has 4 N–H and O–H groups in total. The van der Waals surface area contributed by atoms with E-state index in [4.69, 9.17) is 58.0 Å². The Hall–Kier alpha value is -6.03. The van der Waals surface area contributed by atoms with Crippen molar-refractivity contribution in [2.24, 2.45) is 20.5 Å². The Morgan fingerprint density at radius 3 is 1.47 bits per heavy atom. The van der Waals surface area contributed by atoms with E-state index in [-0.39, 0.29) is 48.9 Å². The summed E-state index contributed by atoms with van der Waals surface area (Å²) >= 11 is 31.4. The molecule has 0 saturated heterocycles. The van der Waals surface area contributed by atoms with Gasteiger partial charge in [-0.05, 0) is 124 Å². The van der Waals surface area contributed by atoms with Gasteiger partial charge in [0.25, 0.3) is 23.6 Å². The molecule has 5 rings (SSSR count). The number of ketones is 2. The molecule has 2 atom stereocenters. The second kappa shape index (κ2) is 20.7. The van der Waals surface area contributed by atoms with Gasteiger partial charge < -0.3 is 21.3 Å². The number of hydrogen-bond acceptors (Lipinski definition) is 10. The molecule has 0 heterocycles. The number of amides is 4. The van der Waals surface area contributed by atoms with Gasteiger partial charge in [0.15, 0.2) is 11.6 Å². The Morgan fingerprint density at radius 1 is 0.468 bits per heavy atom. The van der Waals surface area contributed by atoms with E-state index in [0.29, 0.717) is 27.0 Å². The molecule has 0 aliphatic heterocycles. The minimum atomic E-state index is -1.65. The first-order chi connectivity index (χ1) is 29.3. The van der Waals surface area contributed by atoms with E-state index in [1.807, 2.05) is 6.92 Å². The van der Waals surface area contributed by atoms with Crippen molar-refractivity contribution in [2.45, 2.75) is 46.7 Å². The fourth-order valence-corrected chi connectivity index (χ4v) is 6.36. The number of nitrogens with one attached hydrogen (secondary N) is 4. The first kappa shape index (κ1) is 47.0. The number of rotatable bonds is 14. The van der Waals surface area contributed by atoms with Crippen LogP contribution in [0.15, 0.2) is 105 Å². The Kier molecular flexibility index (Phi) is 15.7. The minimum Gasteiger partial charge on any atom is -0.323 e. The molecule has 0 saturated carbocycles. The van der Waals surface area contributed by atoms with Crippen molar-refractivity contribution in [3.63, 3.8) is 0 Å². The zero-order valence-corrected chi connectivity index (χ0v) is 37.1. The van der Waals surface area contributed by atoms with Crippen LogP contribution in [0.1, 0.15) is 51.3 Å². The highest BCUT2D eigenvalue weighted by Gasteiger charge is 2.27. The van der Waals surface area contributed by atoms with Gasteiger partial charge in [-0.1, -0.05) is 70.1 Å². The first-order valence-electron chi connectivity index (χ1n) is 18.3. The van der Waals surface area contributed by atoms with Gasteiger partial charge in [-0.15, -0.1) is 0 Å². The molecule has 2 unspecified atom stereocenters. The van der Waals surface area contributed by atoms with Crippen molar-refractivity contribution in [3.8, 4) is 0 Å². The fourth-order valence-electron chi connectivity index (χ4n) is 5.50. The Morgan fingerprint density at radius 2 is 0.935 bits per heavy atom. The number of aryl methyl sites for hydroxylation is 3.